The van der Waals surface area contributed by atoms with Crippen LogP contribution in [0, 0.1) is 0 Å². The van der Waals surface area contributed by atoms with Crippen molar-refractivity contribution >= 4 is 50.8 Å². The van der Waals surface area contributed by atoms with Gasteiger partial charge < -0.3 is 15.6 Å². The highest BCUT2D eigenvalue weighted by molar-refractivity contribution is 9.10. The molecule has 0 amide bonds. The van der Waals surface area contributed by atoms with Gasteiger partial charge in [0.05, 0.1) is 27.5 Å². The molecule has 5 nitrogen and oxygen atoms in total. The average Bonchev–Trinajstić information content (AvgIpc) is 2.37. The Morgan fingerprint density at radius 2 is 2.00 bits per heavy atom. The van der Waals surface area contributed by atoms with E-state index in [1.54, 1.807) is 6.07 Å². The highest BCUT2D eigenvalue weighted by Crippen LogP contribution is 2.36. The van der Waals surface area contributed by atoms with Crippen LogP contribution in [0.4, 0.5) is 5.69 Å². The van der Waals surface area contributed by atoms with Gasteiger partial charge in [-0.25, -0.2) is 9.78 Å². The molecule has 0 fully saturated rings. The third kappa shape index (κ3) is 3.15. The van der Waals surface area contributed by atoms with Crippen molar-refractivity contribution < 1.29 is 14.6 Å². The highest BCUT2D eigenvalue weighted by Gasteiger charge is 2.13. The standard InChI is InChI=1S/C12H7BrCl2N2O3/c13-6-2-8(15)10(3-7(6)14)20-11-1-5(12(18)19)9(16)4-17-11/h1-4H,16H2,(H,18,19). The molecular weight excluding hydrogens is 371 g/mol. The van der Waals surface area contributed by atoms with Crippen molar-refractivity contribution in [1.29, 1.82) is 0 Å². The number of hydrogen-bond acceptors (Lipinski definition) is 4. The Balaban J connectivity index is 2.38. The number of benzene rings is 1. The summed E-state index contributed by atoms with van der Waals surface area (Å²) in [6.45, 7) is 0. The van der Waals surface area contributed by atoms with Crippen molar-refractivity contribution in [2.24, 2.45) is 0 Å². The topological polar surface area (TPSA) is 85.4 Å². The number of pyridine rings is 1. The molecule has 1 aromatic carbocycles. The first-order chi connectivity index (χ1) is 9.38. The quantitative estimate of drug-likeness (QED) is 0.782. The summed E-state index contributed by atoms with van der Waals surface area (Å²) in [5, 5.41) is 9.68. The van der Waals surface area contributed by atoms with Crippen molar-refractivity contribution in [3.63, 3.8) is 0 Å². The first-order valence-corrected chi connectivity index (χ1v) is 6.74. The minimum absolute atomic E-state index is 0.0461. The molecule has 0 saturated heterocycles. The number of carbonyl (C=O) groups is 1. The minimum atomic E-state index is -1.17. The minimum Gasteiger partial charge on any atom is -0.478 e. The van der Waals surface area contributed by atoms with Crippen LogP contribution in [0.25, 0.3) is 0 Å². The highest BCUT2D eigenvalue weighted by atomic mass is 79.9. The third-order valence-corrected chi connectivity index (χ3v) is 3.82. The Labute approximate surface area is 132 Å². The molecule has 1 aromatic heterocycles. The van der Waals surface area contributed by atoms with Crippen LogP contribution in [-0.2, 0) is 0 Å². The maximum atomic E-state index is 11.0. The van der Waals surface area contributed by atoms with Gasteiger partial charge in [-0.2, -0.15) is 0 Å². The lowest BCUT2D eigenvalue weighted by Gasteiger charge is -2.09. The molecule has 0 bridgehead atoms. The van der Waals surface area contributed by atoms with Crippen molar-refractivity contribution in [2.75, 3.05) is 5.73 Å². The van der Waals surface area contributed by atoms with E-state index in [2.05, 4.69) is 20.9 Å². The Morgan fingerprint density at radius 1 is 1.30 bits per heavy atom. The van der Waals surface area contributed by atoms with Crippen LogP contribution in [0.1, 0.15) is 10.4 Å². The van der Waals surface area contributed by atoms with Gasteiger partial charge in [-0.3, -0.25) is 0 Å². The van der Waals surface area contributed by atoms with Crippen LogP contribution in [0.5, 0.6) is 11.6 Å². The monoisotopic (exact) mass is 376 g/mol. The fourth-order valence-corrected chi connectivity index (χ4v) is 2.21. The molecule has 104 valence electrons. The predicted octanol–water partition coefficient (Wildman–Crippen LogP) is 4.22. The summed E-state index contributed by atoms with van der Waals surface area (Å²) in [6, 6.07) is 4.27. The van der Waals surface area contributed by atoms with E-state index in [1.165, 1.54) is 18.3 Å². The van der Waals surface area contributed by atoms with Crippen LogP contribution in [0.2, 0.25) is 10.0 Å². The molecule has 0 unspecified atom stereocenters. The number of hydrogen-bond donors (Lipinski definition) is 2. The lowest BCUT2D eigenvalue weighted by atomic mass is 10.2. The lowest BCUT2D eigenvalue weighted by Crippen LogP contribution is -2.03. The maximum absolute atomic E-state index is 11.0. The van der Waals surface area contributed by atoms with Gasteiger partial charge in [0.1, 0.15) is 5.75 Å². The van der Waals surface area contributed by atoms with Crippen molar-refractivity contribution in [3.05, 3.63) is 44.5 Å². The fraction of sp³-hybridized carbons (Fsp3) is 0. The molecule has 0 aliphatic heterocycles. The molecule has 0 atom stereocenters. The average molecular weight is 378 g/mol. The molecule has 0 saturated carbocycles. The number of ether oxygens (including phenoxy) is 1. The zero-order valence-corrected chi connectivity index (χ0v) is 12.8. The summed E-state index contributed by atoms with van der Waals surface area (Å²) in [5.74, 6) is -0.861. The van der Waals surface area contributed by atoms with E-state index in [-0.39, 0.29) is 22.9 Å². The van der Waals surface area contributed by atoms with Gasteiger partial charge >= 0.3 is 5.97 Å². The second-order valence-corrected chi connectivity index (χ2v) is 5.38. The fourth-order valence-electron chi connectivity index (χ4n) is 1.38. The van der Waals surface area contributed by atoms with Crippen LogP contribution >= 0.6 is 39.1 Å². The Bertz CT molecular complexity index is 695. The van der Waals surface area contributed by atoms with Gasteiger partial charge in [0.25, 0.3) is 0 Å². The van der Waals surface area contributed by atoms with E-state index in [0.717, 1.165) is 0 Å². The van der Waals surface area contributed by atoms with Gasteiger partial charge in [0.2, 0.25) is 5.88 Å². The first kappa shape index (κ1) is 14.9. The van der Waals surface area contributed by atoms with E-state index in [0.29, 0.717) is 14.5 Å². The Kier molecular flexibility index (Phi) is 4.37. The van der Waals surface area contributed by atoms with Crippen molar-refractivity contribution in [2.45, 2.75) is 0 Å². The normalized spacial score (nSPS) is 10.3. The summed E-state index contributed by atoms with van der Waals surface area (Å²) in [6.07, 6.45) is 1.20. The molecule has 3 N–H and O–H groups in total. The summed E-state index contributed by atoms with van der Waals surface area (Å²) >= 11 is 15.2. The van der Waals surface area contributed by atoms with E-state index in [9.17, 15) is 4.79 Å². The molecule has 0 spiro atoms. The smallest absolute Gasteiger partial charge is 0.338 e. The van der Waals surface area contributed by atoms with Crippen molar-refractivity contribution in [3.8, 4) is 11.6 Å². The summed E-state index contributed by atoms with van der Waals surface area (Å²) in [4.78, 5) is 14.9. The number of halogens is 3. The van der Waals surface area contributed by atoms with Crippen LogP contribution in [0.15, 0.2) is 28.9 Å². The second-order valence-electron chi connectivity index (χ2n) is 3.71. The predicted molar refractivity (Wildman–Crippen MR) is 79.8 cm³/mol. The molecule has 0 aliphatic carbocycles. The molecule has 2 rings (SSSR count). The molecule has 2 aromatic rings. The lowest BCUT2D eigenvalue weighted by molar-refractivity contribution is 0.0697. The zero-order chi connectivity index (χ0) is 14.9. The number of anilines is 1. The number of carboxylic acid groups (broad SMARTS) is 1. The number of nitrogens with zero attached hydrogens (tertiary/aromatic N) is 1. The van der Waals surface area contributed by atoms with Gasteiger partial charge in [-0.1, -0.05) is 23.2 Å². The third-order valence-electron chi connectivity index (χ3n) is 2.33. The number of aromatic carboxylic acids is 1. The van der Waals surface area contributed by atoms with Crippen LogP contribution in [-0.4, -0.2) is 16.1 Å². The SMILES string of the molecule is Nc1cnc(Oc2cc(Cl)c(Br)cc2Cl)cc1C(=O)O. The van der Waals surface area contributed by atoms with E-state index >= 15 is 0 Å². The molecule has 0 radical (unpaired) electrons. The van der Waals surface area contributed by atoms with Gasteiger partial charge in [-0.15, -0.1) is 0 Å². The van der Waals surface area contributed by atoms with Gasteiger partial charge in [0.15, 0.2) is 0 Å². The number of carboxylic acids is 1. The molecule has 8 heteroatoms. The largest absolute Gasteiger partial charge is 0.478 e. The number of nitrogen functional groups attached to an aromatic ring is 1. The number of rotatable bonds is 3. The Morgan fingerprint density at radius 3 is 2.65 bits per heavy atom. The first-order valence-electron chi connectivity index (χ1n) is 5.19. The van der Waals surface area contributed by atoms with E-state index < -0.39 is 5.97 Å². The van der Waals surface area contributed by atoms with Gasteiger partial charge in [0, 0.05) is 16.6 Å². The Hall–Kier alpha value is -1.50. The summed E-state index contributed by atoms with van der Waals surface area (Å²) < 4.78 is 6.04. The summed E-state index contributed by atoms with van der Waals surface area (Å²) in [5.41, 5.74) is 5.45. The van der Waals surface area contributed by atoms with E-state index in [1.807, 2.05) is 0 Å². The zero-order valence-electron chi connectivity index (χ0n) is 9.73. The van der Waals surface area contributed by atoms with E-state index in [4.69, 9.17) is 38.8 Å². The van der Waals surface area contributed by atoms with Crippen molar-refractivity contribution in [1.82, 2.24) is 4.98 Å². The number of nitrogens with two attached hydrogens (primary N) is 1. The van der Waals surface area contributed by atoms with Gasteiger partial charge in [-0.05, 0) is 22.0 Å². The molecular formula is C12H7BrCl2N2O3. The molecule has 20 heavy (non-hydrogen) atoms. The molecule has 0 aliphatic rings. The number of aromatic nitrogens is 1. The van der Waals surface area contributed by atoms with Crippen LogP contribution in [0.3, 0.4) is 0 Å². The maximum Gasteiger partial charge on any atom is 0.338 e. The van der Waals surface area contributed by atoms with Crippen LogP contribution < -0.4 is 10.5 Å². The molecule has 1 heterocycles. The second kappa shape index (κ2) is 5.87. The summed E-state index contributed by atoms with van der Waals surface area (Å²) in [7, 11) is 0.